The summed E-state index contributed by atoms with van der Waals surface area (Å²) in [6, 6.07) is 9.04. The summed E-state index contributed by atoms with van der Waals surface area (Å²) in [4.78, 5) is 13.4. The number of hydrogen-bond acceptors (Lipinski definition) is 5. The lowest BCUT2D eigenvalue weighted by molar-refractivity contribution is -0.145. The largest absolute Gasteiger partial charge is 0.468 e. The number of carbonyl (C=O) groups excluding carboxylic acids is 1. The smallest absolute Gasteiger partial charge is 0.328 e. The van der Waals surface area contributed by atoms with Crippen molar-refractivity contribution in [3.05, 3.63) is 52.2 Å². The zero-order valence-electron chi connectivity index (χ0n) is 11.9. The third-order valence-corrected chi connectivity index (χ3v) is 6.57. The average Bonchev–Trinajstić information content (AvgIpc) is 3.02. The lowest BCUT2D eigenvalue weighted by Crippen LogP contribution is -2.43. The van der Waals surface area contributed by atoms with Gasteiger partial charge in [0, 0.05) is 11.4 Å². The first-order valence-electron chi connectivity index (χ1n) is 6.76. The highest BCUT2D eigenvalue weighted by molar-refractivity contribution is 7.89. The summed E-state index contributed by atoms with van der Waals surface area (Å²) in [6.07, 6.45) is 0.604. The number of nitrogens with zero attached hydrogens (tertiary/aromatic N) is 1. The molecule has 0 radical (unpaired) electrons. The molecule has 0 saturated heterocycles. The number of methoxy groups -OCH3 is 1. The maximum Gasteiger partial charge on any atom is 0.328 e. The Morgan fingerprint density at radius 1 is 1.27 bits per heavy atom. The molecule has 2 heterocycles. The molecule has 1 aliphatic heterocycles. The van der Waals surface area contributed by atoms with E-state index in [9.17, 15) is 13.2 Å². The molecule has 0 amide bonds. The fraction of sp³-hybridized carbons (Fsp3) is 0.267. The van der Waals surface area contributed by atoms with Gasteiger partial charge >= 0.3 is 5.97 Å². The van der Waals surface area contributed by atoms with Gasteiger partial charge in [0.1, 0.15) is 6.04 Å². The van der Waals surface area contributed by atoms with E-state index < -0.39 is 22.0 Å². The first kappa shape index (κ1) is 15.2. The molecule has 1 aromatic heterocycles. The minimum atomic E-state index is -3.75. The van der Waals surface area contributed by atoms with Crippen LogP contribution in [-0.4, -0.2) is 32.3 Å². The zero-order chi connectivity index (χ0) is 15.7. The van der Waals surface area contributed by atoms with Crippen LogP contribution in [0.5, 0.6) is 0 Å². The van der Waals surface area contributed by atoms with E-state index in [1.165, 1.54) is 34.9 Å². The van der Waals surface area contributed by atoms with Crippen LogP contribution in [0.2, 0.25) is 0 Å². The van der Waals surface area contributed by atoms with Gasteiger partial charge in [-0.1, -0.05) is 18.2 Å². The second-order valence-corrected chi connectivity index (χ2v) is 7.79. The van der Waals surface area contributed by atoms with E-state index in [1.54, 1.807) is 24.3 Å². The molecular weight excluding hydrogens is 322 g/mol. The van der Waals surface area contributed by atoms with Crippen LogP contribution in [0.4, 0.5) is 0 Å². The van der Waals surface area contributed by atoms with Crippen molar-refractivity contribution in [1.29, 1.82) is 0 Å². The van der Waals surface area contributed by atoms with Crippen LogP contribution in [0, 0.1) is 0 Å². The highest BCUT2D eigenvalue weighted by Crippen LogP contribution is 2.37. The second-order valence-electron chi connectivity index (χ2n) is 4.90. The molecule has 5 nitrogen and oxygen atoms in total. The maximum absolute atomic E-state index is 12.9. The van der Waals surface area contributed by atoms with Gasteiger partial charge in [-0.05, 0) is 35.6 Å². The summed E-state index contributed by atoms with van der Waals surface area (Å²) in [6.45, 7) is 0.268. The standard InChI is InChI=1S/C15H15NO4S2/c1-20-15(17)14-12-8-10-21-13(12)7-9-16(14)22(18,19)11-5-3-2-4-6-11/h2-6,8,10,14H,7,9H2,1H3. The van der Waals surface area contributed by atoms with Gasteiger partial charge in [-0.3, -0.25) is 0 Å². The van der Waals surface area contributed by atoms with Gasteiger partial charge < -0.3 is 4.74 Å². The predicted molar refractivity (Wildman–Crippen MR) is 83.1 cm³/mol. The summed E-state index contributed by atoms with van der Waals surface area (Å²) in [5, 5.41) is 1.87. The number of esters is 1. The van der Waals surface area contributed by atoms with Gasteiger partial charge in [0.25, 0.3) is 0 Å². The topological polar surface area (TPSA) is 63.7 Å². The van der Waals surface area contributed by atoms with E-state index >= 15 is 0 Å². The Morgan fingerprint density at radius 3 is 2.68 bits per heavy atom. The quantitative estimate of drug-likeness (QED) is 0.806. The minimum Gasteiger partial charge on any atom is -0.468 e. The molecule has 116 valence electrons. The molecule has 0 spiro atoms. The van der Waals surface area contributed by atoms with E-state index in [2.05, 4.69) is 0 Å². The first-order chi connectivity index (χ1) is 10.6. The molecule has 0 N–H and O–H groups in total. The lowest BCUT2D eigenvalue weighted by atomic mass is 10.0. The van der Waals surface area contributed by atoms with Crippen molar-refractivity contribution >= 4 is 27.3 Å². The van der Waals surface area contributed by atoms with Crippen LogP contribution in [0.1, 0.15) is 16.5 Å². The molecule has 1 aliphatic rings. The number of fused-ring (bicyclic) bond motifs is 1. The van der Waals surface area contributed by atoms with Crippen LogP contribution in [0.25, 0.3) is 0 Å². The monoisotopic (exact) mass is 337 g/mol. The molecule has 1 atom stereocenters. The van der Waals surface area contributed by atoms with Crippen LogP contribution >= 0.6 is 11.3 Å². The molecule has 7 heteroatoms. The Balaban J connectivity index is 2.08. The SMILES string of the molecule is COC(=O)C1c2ccsc2CCN1S(=O)(=O)c1ccccc1. The summed E-state index contributed by atoms with van der Waals surface area (Å²) >= 11 is 1.54. The van der Waals surface area contributed by atoms with Gasteiger partial charge in [-0.15, -0.1) is 11.3 Å². The Hall–Kier alpha value is -1.70. The van der Waals surface area contributed by atoms with Crippen molar-refractivity contribution in [3.8, 4) is 0 Å². The van der Waals surface area contributed by atoms with E-state index in [4.69, 9.17) is 4.74 Å². The van der Waals surface area contributed by atoms with Crippen molar-refractivity contribution in [2.24, 2.45) is 0 Å². The summed E-state index contributed by atoms with van der Waals surface area (Å²) in [7, 11) is -2.48. The molecule has 0 bridgehead atoms. The van der Waals surface area contributed by atoms with E-state index in [-0.39, 0.29) is 11.4 Å². The third kappa shape index (κ3) is 2.45. The van der Waals surface area contributed by atoms with Crippen LogP contribution in [0.3, 0.4) is 0 Å². The average molecular weight is 337 g/mol. The maximum atomic E-state index is 12.9. The van der Waals surface area contributed by atoms with Crippen LogP contribution < -0.4 is 0 Å². The summed E-state index contributed by atoms with van der Waals surface area (Å²) < 4.78 is 31.8. The molecule has 0 aliphatic carbocycles. The fourth-order valence-electron chi connectivity index (χ4n) is 2.64. The van der Waals surface area contributed by atoms with E-state index in [0.717, 1.165) is 10.4 Å². The van der Waals surface area contributed by atoms with Gasteiger partial charge in [0.2, 0.25) is 10.0 Å². The van der Waals surface area contributed by atoms with Crippen molar-refractivity contribution in [2.45, 2.75) is 17.4 Å². The Bertz CT molecular complexity index is 783. The Kier molecular flexibility index (Phi) is 4.03. The van der Waals surface area contributed by atoms with Gasteiger partial charge in [-0.2, -0.15) is 4.31 Å². The Morgan fingerprint density at radius 2 is 2.00 bits per heavy atom. The van der Waals surface area contributed by atoms with Crippen molar-refractivity contribution < 1.29 is 17.9 Å². The number of ether oxygens (including phenoxy) is 1. The number of sulfonamides is 1. The van der Waals surface area contributed by atoms with Gasteiger partial charge in [0.05, 0.1) is 12.0 Å². The first-order valence-corrected chi connectivity index (χ1v) is 9.08. The summed E-state index contributed by atoms with van der Waals surface area (Å²) in [5.41, 5.74) is 0.725. The van der Waals surface area contributed by atoms with E-state index in [1.807, 2.05) is 5.38 Å². The van der Waals surface area contributed by atoms with Crippen LogP contribution in [-0.2, 0) is 26.0 Å². The highest BCUT2D eigenvalue weighted by atomic mass is 32.2. The third-order valence-electron chi connectivity index (χ3n) is 3.70. The molecule has 1 aromatic carbocycles. The molecule has 0 saturated carbocycles. The number of hydrogen-bond donors (Lipinski definition) is 0. The molecule has 0 fully saturated rings. The lowest BCUT2D eigenvalue weighted by Gasteiger charge is -2.32. The number of carbonyl (C=O) groups is 1. The Labute approximate surface area is 133 Å². The normalized spacial score (nSPS) is 18.7. The molecule has 2 aromatic rings. The zero-order valence-corrected chi connectivity index (χ0v) is 13.6. The highest BCUT2D eigenvalue weighted by Gasteiger charge is 2.41. The molecule has 1 unspecified atom stereocenters. The summed E-state index contributed by atoms with van der Waals surface area (Å²) in [5.74, 6) is -0.557. The second kappa shape index (κ2) is 5.83. The van der Waals surface area contributed by atoms with E-state index in [0.29, 0.717) is 6.42 Å². The van der Waals surface area contributed by atoms with Gasteiger partial charge in [0.15, 0.2) is 0 Å². The number of benzene rings is 1. The van der Waals surface area contributed by atoms with Crippen molar-refractivity contribution in [2.75, 3.05) is 13.7 Å². The van der Waals surface area contributed by atoms with Gasteiger partial charge in [-0.25, -0.2) is 13.2 Å². The number of thiophene rings is 1. The fourth-order valence-corrected chi connectivity index (χ4v) is 5.12. The molecular formula is C15H15NO4S2. The minimum absolute atomic E-state index is 0.183. The molecule has 22 heavy (non-hydrogen) atoms. The van der Waals surface area contributed by atoms with Crippen molar-refractivity contribution in [3.63, 3.8) is 0 Å². The number of rotatable bonds is 3. The van der Waals surface area contributed by atoms with Crippen LogP contribution in [0.15, 0.2) is 46.7 Å². The predicted octanol–water partition coefficient (Wildman–Crippen LogP) is 2.21. The molecule has 3 rings (SSSR count). The van der Waals surface area contributed by atoms with Crippen molar-refractivity contribution in [1.82, 2.24) is 4.31 Å².